The summed E-state index contributed by atoms with van der Waals surface area (Å²) in [4.78, 5) is 37.7. The fourth-order valence-electron chi connectivity index (χ4n) is 2.87. The van der Waals surface area contributed by atoms with Crippen molar-refractivity contribution in [2.24, 2.45) is 5.41 Å². The van der Waals surface area contributed by atoms with Crippen LogP contribution in [0.15, 0.2) is 30.5 Å². The van der Waals surface area contributed by atoms with Crippen LogP contribution >= 0.6 is 0 Å². The van der Waals surface area contributed by atoms with Crippen LogP contribution in [0.25, 0.3) is 11.3 Å². The molecule has 0 bridgehead atoms. The monoisotopic (exact) mass is 411 g/mol. The summed E-state index contributed by atoms with van der Waals surface area (Å²) in [6, 6.07) is 7.75. The summed E-state index contributed by atoms with van der Waals surface area (Å²) in [5.74, 6) is 0.467. The van der Waals surface area contributed by atoms with Crippen LogP contribution in [0.1, 0.15) is 50.5 Å². The lowest BCUT2D eigenvalue weighted by molar-refractivity contribution is -0.128. The number of carbonyl (C=O) groups excluding carboxylic acids is 2. The highest BCUT2D eigenvalue weighted by Gasteiger charge is 2.22. The molecule has 0 spiro atoms. The third-order valence-corrected chi connectivity index (χ3v) is 4.82. The maximum absolute atomic E-state index is 13.0. The molecule has 2 amide bonds. The average molecular weight is 412 g/mol. The van der Waals surface area contributed by atoms with Crippen molar-refractivity contribution < 1.29 is 9.59 Å². The van der Waals surface area contributed by atoms with Gasteiger partial charge in [-0.2, -0.15) is 0 Å². The molecule has 30 heavy (non-hydrogen) atoms. The van der Waals surface area contributed by atoms with Gasteiger partial charge >= 0.3 is 0 Å². The van der Waals surface area contributed by atoms with E-state index in [1.165, 1.54) is 0 Å². The second-order valence-electron chi connectivity index (χ2n) is 8.43. The van der Waals surface area contributed by atoms with Crippen LogP contribution in [-0.4, -0.2) is 53.9 Å². The second kappa shape index (κ2) is 9.69. The second-order valence-corrected chi connectivity index (χ2v) is 8.43. The van der Waals surface area contributed by atoms with E-state index in [1.54, 1.807) is 11.1 Å². The molecule has 162 valence electrons. The minimum atomic E-state index is -0.427. The summed E-state index contributed by atoms with van der Waals surface area (Å²) in [5.41, 5.74) is 2.48. The molecule has 0 aliphatic rings. The Kier molecular flexibility index (Phi) is 7.54. The van der Waals surface area contributed by atoms with Crippen molar-refractivity contribution >= 4 is 17.8 Å². The normalized spacial score (nSPS) is 11.2. The molecule has 2 rings (SSSR count). The highest BCUT2D eigenvalue weighted by molar-refractivity contribution is 5.99. The van der Waals surface area contributed by atoms with E-state index >= 15 is 0 Å². The topological polar surface area (TPSA) is 78.4 Å². The van der Waals surface area contributed by atoms with Gasteiger partial charge in [-0.05, 0) is 19.4 Å². The van der Waals surface area contributed by atoms with Gasteiger partial charge in [-0.25, -0.2) is 9.97 Å². The Morgan fingerprint density at radius 1 is 1.03 bits per heavy atom. The molecule has 0 saturated heterocycles. The van der Waals surface area contributed by atoms with E-state index in [1.807, 2.05) is 77.9 Å². The van der Waals surface area contributed by atoms with Crippen LogP contribution in [0.5, 0.6) is 0 Å². The predicted molar refractivity (Wildman–Crippen MR) is 120 cm³/mol. The van der Waals surface area contributed by atoms with Crippen LogP contribution in [0.4, 0.5) is 5.95 Å². The fraction of sp³-hybridized carbons (Fsp3) is 0.478. The van der Waals surface area contributed by atoms with Crippen molar-refractivity contribution in [2.45, 2.75) is 41.2 Å². The lowest BCUT2D eigenvalue weighted by Gasteiger charge is -2.21. The molecule has 0 radical (unpaired) electrons. The lowest BCUT2D eigenvalue weighted by atomic mass is 9.95. The molecule has 1 aromatic heterocycles. The number of rotatable bonds is 7. The minimum absolute atomic E-state index is 0.00473. The molecule has 0 saturated carbocycles. The predicted octanol–water partition coefficient (Wildman–Crippen LogP) is 3.35. The van der Waals surface area contributed by atoms with Crippen LogP contribution < -0.4 is 10.2 Å². The summed E-state index contributed by atoms with van der Waals surface area (Å²) in [5, 5.41) is 2.95. The minimum Gasteiger partial charge on any atom is -0.352 e. The van der Waals surface area contributed by atoms with E-state index in [9.17, 15) is 9.59 Å². The Labute approximate surface area is 179 Å². The Morgan fingerprint density at radius 2 is 1.63 bits per heavy atom. The van der Waals surface area contributed by atoms with Crippen molar-refractivity contribution in [2.75, 3.05) is 32.1 Å². The van der Waals surface area contributed by atoms with Gasteiger partial charge in [0.15, 0.2) is 0 Å². The number of benzene rings is 1. The van der Waals surface area contributed by atoms with Crippen LogP contribution in [0.3, 0.4) is 0 Å². The number of hydrogen-bond acceptors (Lipinski definition) is 5. The molecule has 7 heteroatoms. The Morgan fingerprint density at radius 3 is 2.13 bits per heavy atom. The van der Waals surface area contributed by atoms with Crippen molar-refractivity contribution in [3.8, 4) is 11.3 Å². The summed E-state index contributed by atoms with van der Waals surface area (Å²) in [7, 11) is 3.73. The number of carbonyl (C=O) groups is 2. The number of aromatic nitrogens is 2. The van der Waals surface area contributed by atoms with Crippen molar-refractivity contribution in [1.82, 2.24) is 20.2 Å². The Bertz CT molecular complexity index is 881. The van der Waals surface area contributed by atoms with Gasteiger partial charge in [0.2, 0.25) is 11.9 Å². The Hall–Kier alpha value is -2.96. The zero-order valence-electron chi connectivity index (χ0n) is 19.1. The number of anilines is 1. The lowest BCUT2D eigenvalue weighted by Crippen LogP contribution is -2.34. The van der Waals surface area contributed by atoms with E-state index in [0.717, 1.165) is 11.1 Å². The molecule has 1 heterocycles. The highest BCUT2D eigenvalue weighted by Crippen LogP contribution is 2.25. The van der Waals surface area contributed by atoms with Gasteiger partial charge in [0.1, 0.15) is 0 Å². The summed E-state index contributed by atoms with van der Waals surface area (Å²) >= 11 is 0. The molecule has 0 atom stereocenters. The van der Waals surface area contributed by atoms with E-state index in [0.29, 0.717) is 36.8 Å². The van der Waals surface area contributed by atoms with Gasteiger partial charge in [-0.15, -0.1) is 0 Å². The van der Waals surface area contributed by atoms with Crippen molar-refractivity contribution in [1.29, 1.82) is 0 Å². The smallest absolute Gasteiger partial charge is 0.257 e. The van der Waals surface area contributed by atoms with Crippen molar-refractivity contribution in [3.63, 3.8) is 0 Å². The molecule has 1 aromatic carbocycles. The molecule has 2 aromatic rings. The quantitative estimate of drug-likeness (QED) is 0.756. The first-order valence-electron chi connectivity index (χ1n) is 10.3. The Balaban J connectivity index is 2.35. The van der Waals surface area contributed by atoms with Crippen LogP contribution in [0, 0.1) is 5.41 Å². The standard InChI is InChI=1S/C23H33N5O2/c1-8-28(9-2)20(29)18-15-25-22(27(6)7)26-19(18)17-12-10-16(11-13-17)14-24-21(30)23(3,4)5/h10-13,15H,8-9,14H2,1-7H3,(H,24,30). The maximum atomic E-state index is 13.0. The van der Waals surface area contributed by atoms with E-state index < -0.39 is 5.41 Å². The van der Waals surface area contributed by atoms with E-state index in [-0.39, 0.29) is 11.8 Å². The first-order valence-corrected chi connectivity index (χ1v) is 10.3. The SMILES string of the molecule is CCN(CC)C(=O)c1cnc(N(C)C)nc1-c1ccc(CNC(=O)C(C)(C)C)cc1. The molecular formula is C23H33N5O2. The van der Waals surface area contributed by atoms with Gasteiger partial charge in [-0.3, -0.25) is 9.59 Å². The molecule has 0 aliphatic carbocycles. The van der Waals surface area contributed by atoms with E-state index in [2.05, 4.69) is 15.3 Å². The molecule has 0 aliphatic heterocycles. The summed E-state index contributed by atoms with van der Waals surface area (Å²) in [6.45, 7) is 11.3. The largest absolute Gasteiger partial charge is 0.352 e. The van der Waals surface area contributed by atoms with Gasteiger partial charge < -0.3 is 15.1 Å². The molecule has 1 N–H and O–H groups in total. The maximum Gasteiger partial charge on any atom is 0.257 e. The number of hydrogen-bond donors (Lipinski definition) is 1. The third-order valence-electron chi connectivity index (χ3n) is 4.82. The van der Waals surface area contributed by atoms with E-state index in [4.69, 9.17) is 0 Å². The van der Waals surface area contributed by atoms with Gasteiger partial charge in [0, 0.05) is 50.9 Å². The third kappa shape index (κ3) is 5.55. The molecule has 0 fully saturated rings. The van der Waals surface area contributed by atoms with Crippen molar-refractivity contribution in [3.05, 3.63) is 41.6 Å². The highest BCUT2D eigenvalue weighted by atomic mass is 16.2. The van der Waals surface area contributed by atoms with Gasteiger partial charge in [0.25, 0.3) is 5.91 Å². The molecule has 0 unspecified atom stereocenters. The average Bonchev–Trinajstić information content (AvgIpc) is 2.72. The first kappa shape index (κ1) is 23.3. The van der Waals surface area contributed by atoms with Gasteiger partial charge in [0.05, 0.1) is 11.3 Å². The molecule has 7 nitrogen and oxygen atoms in total. The zero-order chi connectivity index (χ0) is 22.5. The van der Waals surface area contributed by atoms with Crippen LogP contribution in [0.2, 0.25) is 0 Å². The number of amides is 2. The zero-order valence-corrected chi connectivity index (χ0v) is 19.1. The van der Waals surface area contributed by atoms with Crippen LogP contribution in [-0.2, 0) is 11.3 Å². The number of nitrogens with one attached hydrogen (secondary N) is 1. The summed E-state index contributed by atoms with van der Waals surface area (Å²) < 4.78 is 0. The number of nitrogens with zero attached hydrogens (tertiary/aromatic N) is 4. The molecular weight excluding hydrogens is 378 g/mol. The van der Waals surface area contributed by atoms with Gasteiger partial charge in [-0.1, -0.05) is 45.0 Å². The first-order chi connectivity index (χ1) is 14.1. The fourth-order valence-corrected chi connectivity index (χ4v) is 2.87. The summed E-state index contributed by atoms with van der Waals surface area (Å²) in [6.07, 6.45) is 1.61.